The maximum Gasteiger partial charge on any atom is 0.320 e. The van der Waals surface area contributed by atoms with Crippen molar-refractivity contribution in [2.75, 3.05) is 7.11 Å². The van der Waals surface area contributed by atoms with Gasteiger partial charge in [-0.15, -0.1) is 0 Å². The molecule has 42 heavy (non-hydrogen) atoms. The van der Waals surface area contributed by atoms with Crippen molar-refractivity contribution in [1.29, 1.82) is 0 Å². The third-order valence-electron chi connectivity index (χ3n) is 9.65. The van der Waals surface area contributed by atoms with Crippen LogP contribution in [0.25, 0.3) is 23.8 Å². The number of ketones is 1. The molecule has 3 atom stereocenters. The Bertz CT molecular complexity index is 1960. The van der Waals surface area contributed by atoms with Crippen LogP contribution in [0.15, 0.2) is 11.3 Å². The molecular weight excluding hydrogens is 528 g/mol. The summed E-state index contributed by atoms with van der Waals surface area (Å²) in [5, 5.41) is 7.14. The highest BCUT2D eigenvalue weighted by Crippen LogP contribution is 2.38. The third kappa shape index (κ3) is 3.84. The Morgan fingerprint density at radius 2 is 1.60 bits per heavy atom. The summed E-state index contributed by atoms with van der Waals surface area (Å²) in [6, 6.07) is -0.258. The van der Waals surface area contributed by atoms with Crippen LogP contribution in [0, 0.1) is 25.7 Å². The lowest BCUT2D eigenvalue weighted by molar-refractivity contribution is -0.141. The molecule has 3 aliphatic rings. The number of esters is 1. The minimum absolute atomic E-state index is 0.0863. The average molecular weight is 567 g/mol. The van der Waals surface area contributed by atoms with Crippen LogP contribution in [0.3, 0.4) is 0 Å². The van der Waals surface area contributed by atoms with Gasteiger partial charge in [0.1, 0.15) is 5.92 Å². The number of carbonyl (C=O) groups excluding carboxylic acids is 3. The number of aldehydes is 1. The predicted octanol–water partition coefficient (Wildman–Crippen LogP) is 2.08. The lowest BCUT2D eigenvalue weighted by Crippen LogP contribution is -2.38. The van der Waals surface area contributed by atoms with Gasteiger partial charge in [0.15, 0.2) is 12.1 Å². The zero-order valence-corrected chi connectivity index (χ0v) is 25.3. The summed E-state index contributed by atoms with van der Waals surface area (Å²) in [6.45, 7) is 12.5. The van der Waals surface area contributed by atoms with Crippen LogP contribution in [0.5, 0.6) is 0 Å². The average Bonchev–Trinajstić information content (AvgIpc) is 3.72. The molecule has 5 heterocycles. The highest BCUT2D eigenvalue weighted by Gasteiger charge is 2.47. The smallest absolute Gasteiger partial charge is 0.320 e. The number of ether oxygens (including phenoxy) is 1. The van der Waals surface area contributed by atoms with Gasteiger partial charge in [-0.1, -0.05) is 20.8 Å². The number of aromatic nitrogens is 3. The molecule has 0 spiro atoms. The fraction of sp³-hybridized carbons (Fsp3) is 0.382. The Kier molecular flexibility index (Phi) is 6.75. The van der Waals surface area contributed by atoms with Crippen molar-refractivity contribution in [3.05, 3.63) is 77.4 Å². The summed E-state index contributed by atoms with van der Waals surface area (Å²) >= 11 is 0. The molecule has 8 nitrogen and oxygen atoms in total. The van der Waals surface area contributed by atoms with Gasteiger partial charge in [0, 0.05) is 44.5 Å². The van der Waals surface area contributed by atoms with E-state index in [9.17, 15) is 14.4 Å². The number of hydrogen-bond donors (Lipinski definition) is 4. The zero-order chi connectivity index (χ0) is 30.0. The van der Waals surface area contributed by atoms with E-state index in [4.69, 9.17) is 4.74 Å². The molecule has 8 bridgehead atoms. The lowest BCUT2D eigenvalue weighted by atomic mass is 9.83. The van der Waals surface area contributed by atoms with E-state index in [1.807, 2.05) is 26.0 Å². The molecule has 8 heteroatoms. The number of aromatic amines is 3. The zero-order valence-electron chi connectivity index (χ0n) is 25.3. The van der Waals surface area contributed by atoms with Crippen molar-refractivity contribution in [3.8, 4) is 0 Å². The van der Waals surface area contributed by atoms with Crippen LogP contribution in [0.1, 0.15) is 88.5 Å². The second-order valence-electron chi connectivity index (χ2n) is 11.6. The molecule has 0 saturated heterocycles. The lowest BCUT2D eigenvalue weighted by Gasteiger charge is -2.25. The van der Waals surface area contributed by atoms with E-state index in [-0.39, 0.29) is 17.7 Å². The van der Waals surface area contributed by atoms with Crippen molar-refractivity contribution in [3.63, 3.8) is 0 Å². The predicted molar refractivity (Wildman–Crippen MR) is 163 cm³/mol. The van der Waals surface area contributed by atoms with E-state index in [2.05, 4.69) is 54.0 Å². The van der Waals surface area contributed by atoms with E-state index in [1.165, 1.54) is 18.2 Å². The molecule has 0 fully saturated rings. The Balaban J connectivity index is 1.77. The molecule has 0 saturated carbocycles. The molecule has 6 rings (SSSR count). The van der Waals surface area contributed by atoms with Gasteiger partial charge < -0.3 is 25.0 Å². The molecule has 3 aromatic rings. The van der Waals surface area contributed by atoms with Crippen molar-refractivity contribution in [1.82, 2.24) is 20.3 Å². The van der Waals surface area contributed by atoms with E-state index < -0.39 is 11.9 Å². The van der Waals surface area contributed by atoms with Crippen LogP contribution in [-0.2, 0) is 22.4 Å². The van der Waals surface area contributed by atoms with E-state index in [0.29, 0.717) is 22.9 Å². The van der Waals surface area contributed by atoms with Crippen molar-refractivity contribution in [2.45, 2.75) is 66.8 Å². The maximum absolute atomic E-state index is 13.9. The Morgan fingerprint density at radius 1 is 0.905 bits per heavy atom. The molecule has 0 aromatic carbocycles. The topological polar surface area (TPSA) is 120 Å². The first-order chi connectivity index (χ1) is 20.2. The molecule has 1 aliphatic carbocycles. The molecule has 0 radical (unpaired) electrons. The number of Topliss-reactive ketones (excluding diaryl/α,β-unsaturated/α-hetero) is 1. The quantitative estimate of drug-likeness (QED) is 0.214. The first-order valence-corrected chi connectivity index (χ1v) is 14.8. The number of methoxy groups -OCH3 is 1. The van der Waals surface area contributed by atoms with Crippen LogP contribution >= 0.6 is 0 Å². The van der Waals surface area contributed by atoms with Gasteiger partial charge >= 0.3 is 5.97 Å². The summed E-state index contributed by atoms with van der Waals surface area (Å²) in [4.78, 5) is 50.1. The summed E-state index contributed by atoms with van der Waals surface area (Å²) in [5.41, 5.74) is 9.65. The normalized spacial score (nSPS) is 23.1. The summed E-state index contributed by atoms with van der Waals surface area (Å²) < 4.78 is 5.18. The first kappa shape index (κ1) is 27.8. The number of rotatable bonds is 5. The molecule has 218 valence electrons. The van der Waals surface area contributed by atoms with Crippen LogP contribution in [-0.4, -0.2) is 46.1 Å². The Hall–Kier alpha value is -4.33. The van der Waals surface area contributed by atoms with Crippen LogP contribution in [0.4, 0.5) is 0 Å². The minimum atomic E-state index is -1.01. The molecule has 4 N–H and O–H groups in total. The number of H-pyrrole nitrogens is 3. The molecule has 2 aliphatic heterocycles. The van der Waals surface area contributed by atoms with Crippen molar-refractivity contribution < 1.29 is 19.1 Å². The van der Waals surface area contributed by atoms with E-state index >= 15 is 0 Å². The maximum atomic E-state index is 13.9. The third-order valence-corrected chi connectivity index (χ3v) is 9.65. The summed E-state index contributed by atoms with van der Waals surface area (Å²) in [7, 11) is 1.33. The number of fused-ring (bicyclic) bond motifs is 8. The van der Waals surface area contributed by atoms with Gasteiger partial charge in [-0.2, -0.15) is 0 Å². The van der Waals surface area contributed by atoms with Gasteiger partial charge in [-0.25, -0.2) is 0 Å². The van der Waals surface area contributed by atoms with Gasteiger partial charge in [0.25, 0.3) is 0 Å². The fourth-order valence-corrected chi connectivity index (χ4v) is 7.41. The Labute approximate surface area is 244 Å². The second kappa shape index (κ2) is 10.2. The monoisotopic (exact) mass is 566 g/mol. The molecule has 1 unspecified atom stereocenters. The largest absolute Gasteiger partial charge is 0.468 e. The van der Waals surface area contributed by atoms with Crippen molar-refractivity contribution in [2.24, 2.45) is 11.8 Å². The summed E-state index contributed by atoms with van der Waals surface area (Å²) in [6.07, 6.45) is 9.40. The molecule has 0 amide bonds. The van der Waals surface area contributed by atoms with Gasteiger partial charge in [0.2, 0.25) is 0 Å². The number of nitrogens with one attached hydrogen (secondary N) is 4. The summed E-state index contributed by atoms with van der Waals surface area (Å²) in [5.74, 6) is -1.71. The van der Waals surface area contributed by atoms with Crippen LogP contribution in [0.2, 0.25) is 0 Å². The SMILES string of the molecule is CCc1c2[nH]c(c1C=O)/C=c1\[nH]/c(c(C)c1CC)=C\C1=C(C)[C@H](CC)C(N1)C1=c3[nH]/c(c(C)c3C(=O)[C@@H]1C(=O)OC)=C\2. The van der Waals surface area contributed by atoms with E-state index in [1.54, 1.807) is 0 Å². The minimum Gasteiger partial charge on any atom is -0.468 e. The highest BCUT2D eigenvalue weighted by atomic mass is 16.5. The highest BCUT2D eigenvalue weighted by molar-refractivity contribution is 6.19. The van der Waals surface area contributed by atoms with Gasteiger partial charge in [-0.05, 0) is 91.7 Å². The Morgan fingerprint density at radius 3 is 2.24 bits per heavy atom. The number of allylic oxidation sites excluding steroid dienone is 1. The van der Waals surface area contributed by atoms with Crippen molar-refractivity contribution >= 4 is 41.8 Å². The van der Waals surface area contributed by atoms with E-state index in [0.717, 1.165) is 74.5 Å². The van der Waals surface area contributed by atoms with Gasteiger partial charge in [-0.3, -0.25) is 14.4 Å². The second-order valence-corrected chi connectivity index (χ2v) is 11.6. The van der Waals surface area contributed by atoms with Gasteiger partial charge in [0.05, 0.1) is 24.2 Å². The first-order valence-electron chi connectivity index (χ1n) is 14.8. The molecule has 3 aromatic heterocycles. The molecular formula is C34H38N4O4. The standard InChI is InChI=1S/C34H38N4O4/c1-8-18-15(4)22-11-23-16(5)19(9-2)31(37-23)29-30(34(41)42-7)33(40)28-17(6)24(38-32(28)29)12-26-20(10-3)21(14-39)27(36-26)13-25(18)35-22/h11-14,19,30-31,35-38H,8-10H2,1-7H3/b22-11-,24-12-,25-13-/t19-,30+,31?/m0/s1. The van der Waals surface area contributed by atoms with Crippen LogP contribution < -0.4 is 26.7 Å². The number of carbonyl (C=O) groups is 3. The fourth-order valence-electron chi connectivity index (χ4n) is 7.41. The number of hydrogen-bond acceptors (Lipinski definition) is 5.